The Balaban J connectivity index is 1.31. The van der Waals surface area contributed by atoms with Gasteiger partial charge < -0.3 is 0 Å². The van der Waals surface area contributed by atoms with Gasteiger partial charge in [-0.25, -0.2) is 0 Å². The van der Waals surface area contributed by atoms with Gasteiger partial charge in [0.15, 0.2) is 0 Å². The standard InChI is InChI=1S/C45H28S/c1-3-15-32(16-4-1)45(33-17-5-2-6-18-33)39-28-31(25-26-36(39)37-27-24-29-12-7-8-19-35(29)44(37)45)34-20-11-23-41-43(34)38-21-9-13-30-14-10-22-40(46-41)42(30)38/h1-28H. The van der Waals surface area contributed by atoms with Crippen LogP contribution in [-0.4, -0.2) is 0 Å². The molecule has 2 aliphatic rings. The molecule has 10 rings (SSSR count). The van der Waals surface area contributed by atoms with Crippen molar-refractivity contribution in [1.82, 2.24) is 0 Å². The van der Waals surface area contributed by atoms with Crippen molar-refractivity contribution in [3.63, 3.8) is 0 Å². The van der Waals surface area contributed by atoms with Gasteiger partial charge in [-0.3, -0.25) is 0 Å². The minimum absolute atomic E-state index is 0.472. The highest BCUT2D eigenvalue weighted by Crippen LogP contribution is 2.59. The van der Waals surface area contributed by atoms with E-state index in [2.05, 4.69) is 170 Å². The van der Waals surface area contributed by atoms with Crippen molar-refractivity contribution in [3.8, 4) is 33.4 Å². The Morgan fingerprint density at radius 1 is 0.413 bits per heavy atom. The molecular weight excluding hydrogens is 573 g/mol. The van der Waals surface area contributed by atoms with Crippen LogP contribution in [-0.2, 0) is 5.41 Å². The molecule has 0 radical (unpaired) electrons. The van der Waals surface area contributed by atoms with Gasteiger partial charge in [0.2, 0.25) is 0 Å². The maximum atomic E-state index is 2.50. The summed E-state index contributed by atoms with van der Waals surface area (Å²) in [6.45, 7) is 0. The average molecular weight is 601 g/mol. The smallest absolute Gasteiger partial charge is 0.0719 e. The number of benzene rings is 8. The molecule has 0 saturated carbocycles. The average Bonchev–Trinajstić information content (AvgIpc) is 3.43. The molecule has 0 aromatic heterocycles. The SMILES string of the molecule is c1ccc(C2(c3ccccc3)c3cc(-c4cccc5c4-c4cccc6cccc(c46)S5)ccc3-c3ccc4ccccc4c32)cc1. The van der Waals surface area contributed by atoms with Gasteiger partial charge in [0.05, 0.1) is 5.41 Å². The first-order chi connectivity index (χ1) is 22.8. The Morgan fingerprint density at radius 3 is 1.85 bits per heavy atom. The Hall–Kier alpha value is -5.37. The molecular formula is C45H28S. The zero-order valence-electron chi connectivity index (χ0n) is 25.1. The zero-order valence-corrected chi connectivity index (χ0v) is 25.9. The molecule has 1 heteroatoms. The molecule has 0 atom stereocenters. The first-order valence-electron chi connectivity index (χ1n) is 15.9. The molecule has 0 nitrogen and oxygen atoms in total. The first-order valence-corrected chi connectivity index (χ1v) is 16.8. The fraction of sp³-hybridized carbons (Fsp3) is 0.0222. The van der Waals surface area contributed by atoms with Crippen molar-refractivity contribution in [3.05, 3.63) is 192 Å². The van der Waals surface area contributed by atoms with Crippen LogP contribution in [0.25, 0.3) is 54.9 Å². The predicted molar refractivity (Wildman–Crippen MR) is 194 cm³/mol. The molecule has 8 aromatic rings. The summed E-state index contributed by atoms with van der Waals surface area (Å²) in [6.07, 6.45) is 0. The molecule has 214 valence electrons. The molecule has 0 N–H and O–H groups in total. The van der Waals surface area contributed by atoms with Crippen LogP contribution < -0.4 is 0 Å². The van der Waals surface area contributed by atoms with Gasteiger partial charge in [0.1, 0.15) is 0 Å². The van der Waals surface area contributed by atoms with E-state index in [4.69, 9.17) is 0 Å². The third-order valence-electron chi connectivity index (χ3n) is 10.1. The van der Waals surface area contributed by atoms with Gasteiger partial charge in [-0.15, -0.1) is 0 Å². The van der Waals surface area contributed by atoms with Crippen LogP contribution >= 0.6 is 11.8 Å². The first kappa shape index (κ1) is 25.9. The van der Waals surface area contributed by atoms with E-state index in [1.807, 2.05) is 11.8 Å². The second kappa shape index (κ2) is 9.81. The van der Waals surface area contributed by atoms with E-state index in [9.17, 15) is 0 Å². The highest BCUT2D eigenvalue weighted by Gasteiger charge is 2.47. The molecule has 0 saturated heterocycles. The van der Waals surface area contributed by atoms with Crippen LogP contribution in [0, 0.1) is 0 Å². The Labute approximate surface area is 273 Å². The van der Waals surface area contributed by atoms with E-state index in [-0.39, 0.29) is 0 Å². The van der Waals surface area contributed by atoms with Gasteiger partial charge in [0, 0.05) is 20.7 Å². The van der Waals surface area contributed by atoms with E-state index >= 15 is 0 Å². The van der Waals surface area contributed by atoms with Crippen LogP contribution in [0.3, 0.4) is 0 Å². The summed E-state index contributed by atoms with van der Waals surface area (Å²) in [6, 6.07) is 63.3. The van der Waals surface area contributed by atoms with E-state index in [1.165, 1.54) is 87.0 Å². The third kappa shape index (κ3) is 3.47. The molecule has 1 heterocycles. The van der Waals surface area contributed by atoms with Gasteiger partial charge >= 0.3 is 0 Å². The number of hydrogen-bond donors (Lipinski definition) is 0. The molecule has 0 amide bonds. The molecule has 46 heavy (non-hydrogen) atoms. The molecule has 1 aliphatic carbocycles. The van der Waals surface area contributed by atoms with Crippen molar-refractivity contribution >= 4 is 33.3 Å². The summed E-state index contributed by atoms with van der Waals surface area (Å²) in [5.41, 5.74) is 12.6. The van der Waals surface area contributed by atoms with Crippen LogP contribution in [0.2, 0.25) is 0 Å². The number of fused-ring (bicyclic) bond motifs is 7. The summed E-state index contributed by atoms with van der Waals surface area (Å²) in [7, 11) is 0. The number of rotatable bonds is 3. The lowest BCUT2D eigenvalue weighted by molar-refractivity contribution is 0.776. The monoisotopic (exact) mass is 600 g/mol. The van der Waals surface area contributed by atoms with Gasteiger partial charge in [-0.2, -0.15) is 0 Å². The second-order valence-electron chi connectivity index (χ2n) is 12.4. The Morgan fingerprint density at radius 2 is 1.04 bits per heavy atom. The molecule has 0 fully saturated rings. The predicted octanol–water partition coefficient (Wildman–Crippen LogP) is 12.2. The summed E-state index contributed by atoms with van der Waals surface area (Å²) >= 11 is 1.89. The van der Waals surface area contributed by atoms with Gasteiger partial charge in [-0.05, 0) is 84.4 Å². The van der Waals surface area contributed by atoms with Gasteiger partial charge in [-0.1, -0.05) is 163 Å². The van der Waals surface area contributed by atoms with Crippen LogP contribution in [0.4, 0.5) is 0 Å². The molecule has 0 bridgehead atoms. The van der Waals surface area contributed by atoms with Crippen LogP contribution in [0.5, 0.6) is 0 Å². The van der Waals surface area contributed by atoms with Crippen molar-refractivity contribution in [2.75, 3.05) is 0 Å². The highest BCUT2D eigenvalue weighted by molar-refractivity contribution is 7.99. The van der Waals surface area contributed by atoms with Crippen molar-refractivity contribution in [1.29, 1.82) is 0 Å². The molecule has 0 unspecified atom stereocenters. The lowest BCUT2D eigenvalue weighted by atomic mass is 9.66. The topological polar surface area (TPSA) is 0 Å². The summed E-state index contributed by atoms with van der Waals surface area (Å²) in [5.74, 6) is 0. The molecule has 0 spiro atoms. The minimum atomic E-state index is -0.472. The van der Waals surface area contributed by atoms with E-state index in [0.29, 0.717) is 0 Å². The number of hydrogen-bond acceptors (Lipinski definition) is 1. The van der Waals surface area contributed by atoms with Crippen molar-refractivity contribution < 1.29 is 0 Å². The lowest BCUT2D eigenvalue weighted by Crippen LogP contribution is -2.28. The van der Waals surface area contributed by atoms with Crippen LogP contribution in [0.1, 0.15) is 22.3 Å². The van der Waals surface area contributed by atoms with Crippen molar-refractivity contribution in [2.45, 2.75) is 15.2 Å². The summed E-state index contributed by atoms with van der Waals surface area (Å²) in [4.78, 5) is 2.65. The van der Waals surface area contributed by atoms with E-state index in [0.717, 1.165) is 0 Å². The minimum Gasteiger partial charge on any atom is -0.0888 e. The molecule has 1 aliphatic heterocycles. The summed E-state index contributed by atoms with van der Waals surface area (Å²) < 4.78 is 0. The second-order valence-corrected chi connectivity index (χ2v) is 13.5. The lowest BCUT2D eigenvalue weighted by Gasteiger charge is -2.35. The Bertz CT molecular complexity index is 2450. The van der Waals surface area contributed by atoms with Crippen molar-refractivity contribution in [2.24, 2.45) is 0 Å². The summed E-state index contributed by atoms with van der Waals surface area (Å²) in [5, 5.41) is 5.23. The zero-order chi connectivity index (χ0) is 30.2. The largest absolute Gasteiger partial charge is 0.0888 e. The maximum absolute atomic E-state index is 2.50. The highest BCUT2D eigenvalue weighted by atomic mass is 32.2. The normalized spacial score (nSPS) is 13.7. The Kier molecular flexibility index (Phi) is 5.53. The maximum Gasteiger partial charge on any atom is 0.0719 e. The van der Waals surface area contributed by atoms with E-state index in [1.54, 1.807) is 0 Å². The van der Waals surface area contributed by atoms with Gasteiger partial charge in [0.25, 0.3) is 0 Å². The van der Waals surface area contributed by atoms with Crippen LogP contribution in [0.15, 0.2) is 180 Å². The van der Waals surface area contributed by atoms with E-state index < -0.39 is 5.41 Å². The fourth-order valence-electron chi connectivity index (χ4n) is 8.29. The quantitative estimate of drug-likeness (QED) is 0.194. The third-order valence-corrected chi connectivity index (χ3v) is 11.2. The fourth-order valence-corrected chi connectivity index (χ4v) is 9.47. The molecule has 8 aromatic carbocycles.